The van der Waals surface area contributed by atoms with E-state index < -0.39 is 0 Å². The van der Waals surface area contributed by atoms with Crippen LogP contribution in [0.5, 0.6) is 0 Å². The summed E-state index contributed by atoms with van der Waals surface area (Å²) in [4.78, 5) is 45.5. The summed E-state index contributed by atoms with van der Waals surface area (Å²) in [5.41, 5.74) is 3.54. The molecule has 0 aliphatic carbocycles. The number of rotatable bonds is 9. The zero-order valence-corrected chi connectivity index (χ0v) is 20.8. The number of aliphatic imine (C=N–C) groups is 1. The van der Waals surface area contributed by atoms with E-state index in [4.69, 9.17) is 0 Å². The van der Waals surface area contributed by atoms with Crippen LogP contribution in [0.15, 0.2) is 53.5 Å². The van der Waals surface area contributed by atoms with Gasteiger partial charge in [0.15, 0.2) is 0 Å². The molecule has 2 aliphatic heterocycles. The molecule has 0 saturated carbocycles. The Bertz CT molecular complexity index is 1110. The van der Waals surface area contributed by atoms with Gasteiger partial charge >= 0.3 is 6.03 Å². The number of benzene rings is 2. The average Bonchev–Trinajstić information content (AvgIpc) is 2.90. The van der Waals surface area contributed by atoms with Crippen molar-refractivity contribution in [2.24, 2.45) is 4.99 Å². The van der Waals surface area contributed by atoms with Crippen molar-refractivity contribution in [2.45, 2.75) is 26.3 Å². The molecule has 4 amide bonds. The second-order valence-corrected chi connectivity index (χ2v) is 9.10. The lowest BCUT2D eigenvalue weighted by molar-refractivity contribution is -0.114. The van der Waals surface area contributed by atoms with Crippen LogP contribution in [-0.4, -0.2) is 79.2 Å². The molecule has 190 valence electrons. The van der Waals surface area contributed by atoms with Gasteiger partial charge in [0.1, 0.15) is 5.71 Å². The number of anilines is 1. The van der Waals surface area contributed by atoms with Crippen LogP contribution >= 0.6 is 0 Å². The molecule has 36 heavy (non-hydrogen) atoms. The Morgan fingerprint density at radius 1 is 0.917 bits per heavy atom. The van der Waals surface area contributed by atoms with Crippen molar-refractivity contribution in [1.82, 2.24) is 20.4 Å². The fraction of sp³-hybridized carbons (Fsp3) is 0.407. The third-order valence-electron chi connectivity index (χ3n) is 6.56. The second kappa shape index (κ2) is 12.4. The molecule has 2 aromatic carbocycles. The fourth-order valence-corrected chi connectivity index (χ4v) is 4.40. The van der Waals surface area contributed by atoms with Crippen molar-refractivity contribution in [3.8, 4) is 0 Å². The number of fused-ring (bicyclic) bond motifs is 1. The standard InChI is InChI=1S/C27H34N6O3/c1-2-32-14-16-33(17-15-32)19-20-8-10-22(11-9-20)30-27(36)29-13-5-12-28-26(35)24-18-21-6-3-4-7-23(21)25(34)31-24/h3-4,6-11H,2,5,12-19H2,1H3,(H,28,35)(H2,29,30,36). The first kappa shape index (κ1) is 25.5. The molecular weight excluding hydrogens is 456 g/mol. The smallest absolute Gasteiger partial charge is 0.319 e. The zero-order chi connectivity index (χ0) is 25.3. The van der Waals surface area contributed by atoms with Gasteiger partial charge in [-0.2, -0.15) is 0 Å². The summed E-state index contributed by atoms with van der Waals surface area (Å²) in [7, 11) is 0. The first-order valence-corrected chi connectivity index (χ1v) is 12.6. The van der Waals surface area contributed by atoms with Gasteiger partial charge in [-0.1, -0.05) is 37.3 Å². The van der Waals surface area contributed by atoms with Crippen LogP contribution in [0.1, 0.15) is 34.8 Å². The fourth-order valence-electron chi connectivity index (χ4n) is 4.40. The number of hydrogen-bond acceptors (Lipinski definition) is 5. The van der Waals surface area contributed by atoms with Crippen LogP contribution in [-0.2, 0) is 17.8 Å². The van der Waals surface area contributed by atoms with E-state index in [-0.39, 0.29) is 23.6 Å². The van der Waals surface area contributed by atoms with Gasteiger partial charge in [-0.15, -0.1) is 0 Å². The van der Waals surface area contributed by atoms with Crippen molar-refractivity contribution in [3.05, 3.63) is 65.2 Å². The predicted octanol–water partition coefficient (Wildman–Crippen LogP) is 2.29. The Labute approximate surface area is 212 Å². The first-order valence-electron chi connectivity index (χ1n) is 12.6. The maximum Gasteiger partial charge on any atom is 0.319 e. The number of piperazine rings is 1. The highest BCUT2D eigenvalue weighted by atomic mass is 16.2. The number of carbonyl (C=O) groups excluding carboxylic acids is 3. The normalized spacial score (nSPS) is 16.1. The lowest BCUT2D eigenvalue weighted by Crippen LogP contribution is -2.45. The molecule has 1 fully saturated rings. The number of likely N-dealkylation sites (N-methyl/N-ethyl adjacent to an activating group) is 1. The molecule has 0 spiro atoms. The number of hydrogen-bond donors (Lipinski definition) is 3. The summed E-state index contributed by atoms with van der Waals surface area (Å²) in [6.45, 7) is 9.39. The summed E-state index contributed by atoms with van der Waals surface area (Å²) in [5, 5.41) is 8.41. The van der Waals surface area contributed by atoms with E-state index in [1.807, 2.05) is 24.3 Å². The molecule has 2 aliphatic rings. The Kier molecular flexibility index (Phi) is 8.80. The van der Waals surface area contributed by atoms with E-state index in [0.29, 0.717) is 31.5 Å². The Balaban J connectivity index is 1.11. The largest absolute Gasteiger partial charge is 0.351 e. The molecule has 0 aromatic heterocycles. The lowest BCUT2D eigenvalue weighted by Gasteiger charge is -2.34. The third-order valence-corrected chi connectivity index (χ3v) is 6.56. The summed E-state index contributed by atoms with van der Waals surface area (Å²) in [5.74, 6) is -0.738. The minimum atomic E-state index is -0.386. The molecule has 0 unspecified atom stereocenters. The van der Waals surface area contributed by atoms with Gasteiger partial charge in [0, 0.05) is 63.5 Å². The monoisotopic (exact) mass is 490 g/mol. The first-order chi connectivity index (χ1) is 17.5. The molecule has 9 nitrogen and oxygen atoms in total. The average molecular weight is 491 g/mol. The molecule has 3 N–H and O–H groups in total. The van der Waals surface area contributed by atoms with E-state index >= 15 is 0 Å². The van der Waals surface area contributed by atoms with Gasteiger partial charge in [0.2, 0.25) is 0 Å². The van der Waals surface area contributed by atoms with Gasteiger partial charge in [0.05, 0.1) is 0 Å². The Hall–Kier alpha value is -3.56. The third kappa shape index (κ3) is 6.99. The van der Waals surface area contributed by atoms with Gasteiger partial charge in [-0.05, 0) is 42.3 Å². The number of nitrogens with zero attached hydrogens (tertiary/aromatic N) is 3. The van der Waals surface area contributed by atoms with Crippen molar-refractivity contribution >= 4 is 29.2 Å². The molecule has 9 heteroatoms. The van der Waals surface area contributed by atoms with E-state index in [1.165, 1.54) is 5.56 Å². The van der Waals surface area contributed by atoms with Gasteiger partial charge < -0.3 is 20.9 Å². The van der Waals surface area contributed by atoms with Crippen LogP contribution < -0.4 is 16.0 Å². The SMILES string of the molecule is CCN1CCN(Cc2ccc(NC(=O)NCCCNC(=O)C3=NC(=O)c4ccccc4C3)cc2)CC1. The molecular formula is C27H34N6O3. The maximum atomic E-state index is 12.4. The minimum absolute atomic E-state index is 0.219. The number of carbonyl (C=O) groups is 3. The van der Waals surface area contributed by atoms with Crippen LogP contribution in [0, 0.1) is 0 Å². The van der Waals surface area contributed by atoms with Crippen molar-refractivity contribution < 1.29 is 14.4 Å². The molecule has 2 heterocycles. The second-order valence-electron chi connectivity index (χ2n) is 9.10. The highest BCUT2D eigenvalue weighted by Crippen LogP contribution is 2.17. The molecule has 0 bridgehead atoms. The zero-order valence-electron chi connectivity index (χ0n) is 20.8. The quantitative estimate of drug-likeness (QED) is 0.468. The van der Waals surface area contributed by atoms with Gasteiger partial charge in [-0.25, -0.2) is 9.79 Å². The summed E-state index contributed by atoms with van der Waals surface area (Å²) < 4.78 is 0. The summed E-state index contributed by atoms with van der Waals surface area (Å²) >= 11 is 0. The molecule has 0 radical (unpaired) electrons. The molecule has 1 saturated heterocycles. The number of nitrogens with one attached hydrogen (secondary N) is 3. The maximum absolute atomic E-state index is 12.4. The van der Waals surface area contributed by atoms with E-state index in [2.05, 4.69) is 49.8 Å². The van der Waals surface area contributed by atoms with Crippen molar-refractivity contribution in [2.75, 3.05) is 51.1 Å². The van der Waals surface area contributed by atoms with E-state index in [1.54, 1.807) is 12.1 Å². The Morgan fingerprint density at radius 3 is 2.36 bits per heavy atom. The minimum Gasteiger partial charge on any atom is -0.351 e. The summed E-state index contributed by atoms with van der Waals surface area (Å²) in [6.07, 6.45) is 0.893. The topological polar surface area (TPSA) is 106 Å². The van der Waals surface area contributed by atoms with Crippen LogP contribution in [0.4, 0.5) is 10.5 Å². The van der Waals surface area contributed by atoms with E-state index in [0.717, 1.165) is 50.5 Å². The van der Waals surface area contributed by atoms with Gasteiger partial charge in [0.25, 0.3) is 11.8 Å². The highest BCUT2D eigenvalue weighted by Gasteiger charge is 2.23. The lowest BCUT2D eigenvalue weighted by atomic mass is 9.98. The van der Waals surface area contributed by atoms with Crippen LogP contribution in [0.25, 0.3) is 0 Å². The van der Waals surface area contributed by atoms with Crippen molar-refractivity contribution in [3.63, 3.8) is 0 Å². The van der Waals surface area contributed by atoms with Crippen LogP contribution in [0.3, 0.4) is 0 Å². The van der Waals surface area contributed by atoms with Gasteiger partial charge in [-0.3, -0.25) is 14.5 Å². The number of urea groups is 1. The van der Waals surface area contributed by atoms with E-state index in [9.17, 15) is 14.4 Å². The molecule has 4 rings (SSSR count). The highest BCUT2D eigenvalue weighted by molar-refractivity contribution is 6.42. The summed E-state index contributed by atoms with van der Waals surface area (Å²) in [6, 6.07) is 14.8. The van der Waals surface area contributed by atoms with Crippen molar-refractivity contribution in [1.29, 1.82) is 0 Å². The predicted molar refractivity (Wildman–Crippen MR) is 140 cm³/mol. The van der Waals surface area contributed by atoms with Crippen LogP contribution in [0.2, 0.25) is 0 Å². The molecule has 0 atom stereocenters. The number of amides is 4. The Morgan fingerprint density at radius 2 is 1.61 bits per heavy atom. The molecule has 2 aromatic rings.